The zero-order chi connectivity index (χ0) is 43.8. The van der Waals surface area contributed by atoms with E-state index < -0.39 is 5.54 Å². The molecule has 1 aliphatic carbocycles. The highest BCUT2D eigenvalue weighted by molar-refractivity contribution is 5.92. The molecule has 16 nitrogen and oxygen atoms in total. The van der Waals surface area contributed by atoms with Crippen LogP contribution in [-0.2, 0) is 17.9 Å². The number of methoxy groups -OCH3 is 1. The normalized spacial score (nSPS) is 15.9. The summed E-state index contributed by atoms with van der Waals surface area (Å²) in [4.78, 5) is 53.5. The summed E-state index contributed by atoms with van der Waals surface area (Å²) in [6, 6.07) is 20.5. The van der Waals surface area contributed by atoms with Gasteiger partial charge in [-0.2, -0.15) is 0 Å². The Hall–Kier alpha value is -7.07. The third-order valence-electron chi connectivity index (χ3n) is 12.6. The second-order valence-corrected chi connectivity index (χ2v) is 17.3. The molecule has 0 bridgehead atoms. The van der Waals surface area contributed by atoms with Crippen molar-refractivity contribution in [2.75, 3.05) is 66.8 Å². The summed E-state index contributed by atoms with van der Waals surface area (Å²) in [7, 11) is 1.71. The Balaban J connectivity index is 0.000000152. The van der Waals surface area contributed by atoms with E-state index in [-0.39, 0.29) is 5.91 Å². The summed E-state index contributed by atoms with van der Waals surface area (Å²) < 4.78 is 5.55. The number of carbonyl (C=O) groups excluding carboxylic acids is 1. The Kier molecular flexibility index (Phi) is 11.0. The number of rotatable bonds is 11. The van der Waals surface area contributed by atoms with Gasteiger partial charge in [0, 0.05) is 75.7 Å². The van der Waals surface area contributed by atoms with Crippen LogP contribution in [0.5, 0.6) is 5.75 Å². The lowest BCUT2D eigenvalue weighted by molar-refractivity contribution is -0.133. The average Bonchev–Trinajstić information content (AvgIpc) is 3.76. The average molecular weight is 859 g/mol. The second kappa shape index (κ2) is 17.2. The first-order valence-electron chi connectivity index (χ1n) is 22.3. The van der Waals surface area contributed by atoms with Crippen LogP contribution in [0.3, 0.4) is 0 Å². The number of fused-ring (bicyclic) bond motifs is 4. The Bertz CT molecular complexity index is 2960. The van der Waals surface area contributed by atoms with E-state index in [0.717, 1.165) is 89.9 Å². The molecule has 6 aromatic heterocycles. The lowest BCUT2D eigenvalue weighted by Crippen LogP contribution is -2.54. The molecule has 64 heavy (non-hydrogen) atoms. The van der Waals surface area contributed by atoms with Gasteiger partial charge in [0.05, 0.1) is 30.6 Å². The number of aromatic amines is 2. The lowest BCUT2D eigenvalue weighted by atomic mass is 9.98. The van der Waals surface area contributed by atoms with Crippen molar-refractivity contribution in [1.82, 2.24) is 44.8 Å². The number of hydrogen-bond acceptors (Lipinski definition) is 13. The molecule has 6 N–H and O–H groups in total. The third-order valence-corrected chi connectivity index (χ3v) is 12.6. The van der Waals surface area contributed by atoms with E-state index in [1.54, 1.807) is 19.5 Å². The van der Waals surface area contributed by atoms with Crippen LogP contribution in [0.4, 0.5) is 23.3 Å². The molecule has 1 saturated carbocycles. The number of aromatic nitrogens is 8. The highest BCUT2D eigenvalue weighted by Crippen LogP contribution is 2.36. The van der Waals surface area contributed by atoms with E-state index in [1.165, 1.54) is 34.7 Å². The van der Waals surface area contributed by atoms with Crippen LogP contribution in [0.15, 0.2) is 85.5 Å². The van der Waals surface area contributed by atoms with Crippen molar-refractivity contribution in [3.05, 3.63) is 102 Å². The maximum absolute atomic E-state index is 12.5. The monoisotopic (exact) mass is 858 g/mol. The van der Waals surface area contributed by atoms with E-state index in [2.05, 4.69) is 95.7 Å². The van der Waals surface area contributed by atoms with Crippen molar-refractivity contribution in [2.24, 2.45) is 5.73 Å². The number of H-pyrrole nitrogens is 2. The Morgan fingerprint density at radius 1 is 0.781 bits per heavy atom. The standard InChI is InChI=1S/C24H26N8O.C24H28N6O/c25-24(6-7-24)23(33)32-11-9-31(10-12-32)21-4-3-18-22(30-21)29-20(15-27-18)28-14-16-1-2-17-5-8-26-19(17)13-16;1-15(2)17-13-27-23-19(31-3)8-6-16(22(17)23)12-26-20-14-25-18-7-9-21(29-24(18)28-20)30-10-4-5-11-30/h1-5,8,13,15,26H,6-7,9-12,14,25H2,(H,28,29,30);6-9,13-15,27H,4-5,10-12H2,1-3H3,(H,26,28,29). The Morgan fingerprint density at radius 2 is 1.44 bits per heavy atom. The minimum Gasteiger partial charge on any atom is -0.495 e. The molecule has 0 spiro atoms. The number of pyridine rings is 2. The quantitative estimate of drug-likeness (QED) is 0.0884. The van der Waals surface area contributed by atoms with Gasteiger partial charge >= 0.3 is 0 Å². The first-order chi connectivity index (χ1) is 31.2. The van der Waals surface area contributed by atoms with E-state index >= 15 is 0 Å². The number of hydrogen-bond donors (Lipinski definition) is 5. The number of anilines is 4. The molecule has 1 amide bonds. The number of nitrogens with two attached hydrogens (primary N) is 1. The molecule has 0 atom stereocenters. The van der Waals surface area contributed by atoms with Crippen molar-refractivity contribution < 1.29 is 9.53 Å². The minimum absolute atomic E-state index is 0.0885. The summed E-state index contributed by atoms with van der Waals surface area (Å²) in [6.07, 6.45) is 11.6. The van der Waals surface area contributed by atoms with Gasteiger partial charge in [0.2, 0.25) is 5.91 Å². The van der Waals surface area contributed by atoms with Gasteiger partial charge < -0.3 is 45.8 Å². The lowest BCUT2D eigenvalue weighted by Gasteiger charge is -2.36. The fraction of sp³-hybridized carbons (Fsp3) is 0.354. The number of carbonyl (C=O) groups is 1. The minimum atomic E-state index is -0.602. The number of amides is 1. The van der Waals surface area contributed by atoms with Crippen LogP contribution in [0.25, 0.3) is 44.1 Å². The number of piperazine rings is 1. The zero-order valence-corrected chi connectivity index (χ0v) is 36.6. The molecule has 328 valence electrons. The van der Waals surface area contributed by atoms with E-state index in [9.17, 15) is 4.79 Å². The summed E-state index contributed by atoms with van der Waals surface area (Å²) in [5, 5.41) is 9.20. The summed E-state index contributed by atoms with van der Waals surface area (Å²) in [5.41, 5.74) is 14.1. The zero-order valence-electron chi connectivity index (χ0n) is 36.6. The molecule has 8 heterocycles. The molecule has 3 aliphatic rings. The molecule has 0 radical (unpaired) electrons. The predicted molar refractivity (Wildman–Crippen MR) is 253 cm³/mol. The van der Waals surface area contributed by atoms with Crippen molar-refractivity contribution >= 4 is 73.3 Å². The molecule has 11 rings (SSSR count). The van der Waals surface area contributed by atoms with Crippen LogP contribution < -0.4 is 30.9 Å². The smallest absolute Gasteiger partial charge is 0.242 e. The SMILES string of the molecule is COc1ccc(CNc2cnc3ccc(N4CCCC4)nc3n2)c2c(C(C)C)c[nH]c12.NC1(C(=O)N2CCN(c3ccc4ncc(NCc5ccc6cc[nH]c6c5)nc4n3)CC2)CC1. The maximum Gasteiger partial charge on any atom is 0.242 e. The molecule has 2 aromatic carbocycles. The third kappa shape index (κ3) is 8.40. The van der Waals surface area contributed by atoms with Gasteiger partial charge in [0.1, 0.15) is 40.1 Å². The summed E-state index contributed by atoms with van der Waals surface area (Å²) in [6.45, 7) is 10.6. The number of nitrogens with zero attached hydrogens (tertiary/aromatic N) is 9. The van der Waals surface area contributed by atoms with Gasteiger partial charge in [-0.25, -0.2) is 29.9 Å². The van der Waals surface area contributed by atoms with E-state index in [4.69, 9.17) is 25.4 Å². The fourth-order valence-corrected chi connectivity index (χ4v) is 8.72. The molecular formula is C48H54N14O2. The molecule has 2 aliphatic heterocycles. The van der Waals surface area contributed by atoms with Crippen molar-refractivity contribution in [3.63, 3.8) is 0 Å². The fourth-order valence-electron chi connectivity index (χ4n) is 8.72. The maximum atomic E-state index is 12.5. The summed E-state index contributed by atoms with van der Waals surface area (Å²) >= 11 is 0. The van der Waals surface area contributed by atoms with Gasteiger partial charge in [0.15, 0.2) is 11.3 Å². The molecule has 2 saturated heterocycles. The predicted octanol–water partition coefficient (Wildman–Crippen LogP) is 7.11. The van der Waals surface area contributed by atoms with Crippen LogP contribution in [0, 0.1) is 0 Å². The highest BCUT2D eigenvalue weighted by atomic mass is 16.5. The molecular weight excluding hydrogens is 805 g/mol. The van der Waals surface area contributed by atoms with Gasteiger partial charge in [-0.1, -0.05) is 32.0 Å². The van der Waals surface area contributed by atoms with Gasteiger partial charge in [-0.05, 0) is 96.1 Å². The van der Waals surface area contributed by atoms with Crippen molar-refractivity contribution in [2.45, 2.75) is 64.1 Å². The van der Waals surface area contributed by atoms with E-state index in [0.29, 0.717) is 49.2 Å². The topological polar surface area (TPSA) is 195 Å². The first-order valence-corrected chi connectivity index (χ1v) is 22.3. The van der Waals surface area contributed by atoms with Gasteiger partial charge in [0.25, 0.3) is 0 Å². The van der Waals surface area contributed by atoms with Gasteiger partial charge in [-0.15, -0.1) is 0 Å². The number of ether oxygens (including phenoxy) is 1. The van der Waals surface area contributed by atoms with E-state index in [1.807, 2.05) is 41.4 Å². The Morgan fingerprint density at radius 3 is 2.08 bits per heavy atom. The van der Waals surface area contributed by atoms with Gasteiger partial charge in [-0.3, -0.25) is 4.79 Å². The Labute approximate surface area is 371 Å². The number of benzene rings is 2. The van der Waals surface area contributed by atoms with Crippen molar-refractivity contribution in [3.8, 4) is 5.75 Å². The van der Waals surface area contributed by atoms with Crippen LogP contribution in [0.2, 0.25) is 0 Å². The van der Waals surface area contributed by atoms with Crippen LogP contribution >= 0.6 is 0 Å². The summed E-state index contributed by atoms with van der Waals surface area (Å²) in [5.74, 6) is 4.61. The second-order valence-electron chi connectivity index (χ2n) is 17.3. The largest absolute Gasteiger partial charge is 0.495 e. The van der Waals surface area contributed by atoms with Crippen molar-refractivity contribution in [1.29, 1.82) is 0 Å². The first kappa shape index (κ1) is 41.0. The molecule has 8 aromatic rings. The highest BCUT2D eigenvalue weighted by Gasteiger charge is 2.48. The molecule has 0 unspecified atom stereocenters. The molecule has 3 fully saturated rings. The van der Waals surface area contributed by atoms with Crippen LogP contribution in [-0.4, -0.2) is 103 Å². The number of nitrogens with one attached hydrogen (secondary N) is 4. The van der Waals surface area contributed by atoms with Crippen LogP contribution in [0.1, 0.15) is 62.1 Å². The molecule has 16 heteroatoms.